The van der Waals surface area contributed by atoms with E-state index in [-0.39, 0.29) is 24.5 Å². The number of nitrogens with one attached hydrogen (secondary N) is 1. The molecule has 1 amide bonds. The van der Waals surface area contributed by atoms with E-state index in [2.05, 4.69) is 20.2 Å². The Morgan fingerprint density at radius 3 is 2.60 bits per heavy atom. The van der Waals surface area contributed by atoms with Crippen molar-refractivity contribution >= 4 is 11.9 Å². The molecule has 0 bridgehead atoms. The maximum Gasteiger partial charge on any atom is 0.417 e. The molecule has 2 saturated heterocycles. The number of alkyl halides is 3. The second-order valence-electron chi connectivity index (χ2n) is 7.02. The van der Waals surface area contributed by atoms with Crippen molar-refractivity contribution in [3.8, 4) is 5.88 Å². The predicted molar refractivity (Wildman–Crippen MR) is 103 cm³/mol. The molecule has 30 heavy (non-hydrogen) atoms. The van der Waals surface area contributed by atoms with Crippen LogP contribution in [0.1, 0.15) is 18.4 Å². The molecule has 2 aliphatic rings. The van der Waals surface area contributed by atoms with E-state index in [4.69, 9.17) is 9.47 Å². The molecule has 1 unspecified atom stereocenters. The van der Waals surface area contributed by atoms with Gasteiger partial charge in [0.25, 0.3) is 5.91 Å². The molecule has 2 fully saturated rings. The monoisotopic (exact) mass is 429 g/mol. The first kappa shape index (κ1) is 22.1. The third-order valence-corrected chi connectivity index (χ3v) is 5.01. The van der Waals surface area contributed by atoms with Crippen molar-refractivity contribution in [3.05, 3.63) is 23.9 Å². The Labute approximate surface area is 173 Å². The van der Waals surface area contributed by atoms with Gasteiger partial charge in [-0.2, -0.15) is 13.2 Å². The van der Waals surface area contributed by atoms with Crippen molar-refractivity contribution in [2.45, 2.75) is 25.1 Å². The van der Waals surface area contributed by atoms with Crippen molar-refractivity contribution < 1.29 is 27.4 Å². The Morgan fingerprint density at radius 2 is 2.03 bits per heavy atom. The summed E-state index contributed by atoms with van der Waals surface area (Å²) in [5.41, 5.74) is -0.814. The molecule has 1 aromatic heterocycles. The van der Waals surface area contributed by atoms with E-state index in [0.29, 0.717) is 45.3 Å². The van der Waals surface area contributed by atoms with E-state index in [0.717, 1.165) is 25.1 Å². The van der Waals surface area contributed by atoms with Gasteiger partial charge in [0.1, 0.15) is 12.7 Å². The molecule has 2 aliphatic heterocycles. The van der Waals surface area contributed by atoms with E-state index >= 15 is 0 Å². The summed E-state index contributed by atoms with van der Waals surface area (Å²) in [5.74, 6) is 0.872. The van der Waals surface area contributed by atoms with Crippen LogP contribution in [0.15, 0.2) is 23.3 Å². The van der Waals surface area contributed by atoms with Crippen molar-refractivity contribution in [2.75, 3.05) is 53.0 Å². The molecule has 3 rings (SSSR count). The molecule has 0 spiro atoms. The number of carbonyl (C=O) groups is 1. The number of nitrogens with zero attached hydrogens (tertiary/aromatic N) is 4. The summed E-state index contributed by atoms with van der Waals surface area (Å²) in [5, 5.41) is 3.16. The molecular weight excluding hydrogens is 403 g/mol. The first-order valence-electron chi connectivity index (χ1n) is 9.90. The zero-order valence-corrected chi connectivity index (χ0v) is 16.8. The van der Waals surface area contributed by atoms with E-state index in [1.54, 1.807) is 7.05 Å². The van der Waals surface area contributed by atoms with Gasteiger partial charge in [-0.3, -0.25) is 9.79 Å². The molecule has 11 heteroatoms. The van der Waals surface area contributed by atoms with Crippen LogP contribution in [0.25, 0.3) is 0 Å². The number of carbonyl (C=O) groups excluding carboxylic acids is 1. The number of aromatic nitrogens is 1. The fourth-order valence-electron chi connectivity index (χ4n) is 3.40. The number of guanidine groups is 1. The molecule has 1 aromatic rings. The lowest BCUT2D eigenvalue weighted by Crippen LogP contribution is -2.55. The average molecular weight is 429 g/mol. The van der Waals surface area contributed by atoms with Gasteiger partial charge in [0, 0.05) is 52.1 Å². The van der Waals surface area contributed by atoms with Crippen molar-refractivity contribution in [1.82, 2.24) is 20.1 Å². The standard InChI is InChI=1S/C19H26F3N5O3/c1-23-18(24-6-12-30-16-5-4-14(13-25-16)19(20,21)22)27-9-7-26(8-10-27)17(28)15-3-2-11-29-15/h4-5,13,15H,2-3,6-12H2,1H3,(H,23,24). The topological polar surface area (TPSA) is 79.3 Å². The van der Waals surface area contributed by atoms with Gasteiger partial charge in [0.2, 0.25) is 5.88 Å². The van der Waals surface area contributed by atoms with E-state index in [1.807, 2.05) is 4.90 Å². The number of ether oxygens (including phenoxy) is 2. The lowest BCUT2D eigenvalue weighted by molar-refractivity contribution is -0.142. The van der Waals surface area contributed by atoms with E-state index < -0.39 is 11.7 Å². The van der Waals surface area contributed by atoms with Crippen LogP contribution in [0, 0.1) is 0 Å². The highest BCUT2D eigenvalue weighted by Gasteiger charge is 2.31. The number of pyridine rings is 1. The summed E-state index contributed by atoms with van der Waals surface area (Å²) >= 11 is 0. The number of aliphatic imine (C=N–C) groups is 1. The van der Waals surface area contributed by atoms with Crippen LogP contribution >= 0.6 is 0 Å². The Hall–Kier alpha value is -2.56. The number of rotatable bonds is 5. The third kappa shape index (κ3) is 5.74. The van der Waals surface area contributed by atoms with Gasteiger partial charge in [-0.1, -0.05) is 0 Å². The van der Waals surface area contributed by atoms with Gasteiger partial charge >= 0.3 is 6.18 Å². The summed E-state index contributed by atoms with van der Waals surface area (Å²) in [7, 11) is 1.67. The smallest absolute Gasteiger partial charge is 0.417 e. The van der Waals surface area contributed by atoms with E-state index in [1.165, 1.54) is 6.07 Å². The highest BCUT2D eigenvalue weighted by atomic mass is 19.4. The van der Waals surface area contributed by atoms with Crippen molar-refractivity contribution in [1.29, 1.82) is 0 Å². The Morgan fingerprint density at radius 1 is 1.30 bits per heavy atom. The second kappa shape index (κ2) is 9.96. The third-order valence-electron chi connectivity index (χ3n) is 5.01. The Kier molecular flexibility index (Phi) is 7.35. The summed E-state index contributed by atoms with van der Waals surface area (Å²) in [6, 6.07) is 2.13. The molecule has 166 valence electrons. The van der Waals surface area contributed by atoms with E-state index in [9.17, 15) is 18.0 Å². The largest absolute Gasteiger partial charge is 0.476 e. The molecule has 3 heterocycles. The number of hydrogen-bond acceptors (Lipinski definition) is 5. The van der Waals surface area contributed by atoms with Gasteiger partial charge in [-0.25, -0.2) is 4.98 Å². The first-order chi connectivity index (χ1) is 14.4. The molecule has 8 nitrogen and oxygen atoms in total. The minimum absolute atomic E-state index is 0.0625. The average Bonchev–Trinajstić information content (AvgIpc) is 3.28. The SMILES string of the molecule is CN=C(NCCOc1ccc(C(F)(F)F)cn1)N1CCN(C(=O)C2CCCO2)CC1. The van der Waals surface area contributed by atoms with Crippen LogP contribution < -0.4 is 10.1 Å². The Bertz CT molecular complexity index is 728. The molecule has 0 radical (unpaired) electrons. The van der Waals surface area contributed by atoms with Crippen LogP contribution in [0.4, 0.5) is 13.2 Å². The molecule has 0 aromatic carbocycles. The number of hydrogen-bond donors (Lipinski definition) is 1. The van der Waals surface area contributed by atoms with Gasteiger partial charge < -0.3 is 24.6 Å². The zero-order valence-electron chi connectivity index (χ0n) is 16.8. The van der Waals surface area contributed by atoms with Crippen LogP contribution in [0.5, 0.6) is 5.88 Å². The van der Waals surface area contributed by atoms with Crippen LogP contribution in [-0.4, -0.2) is 85.7 Å². The summed E-state index contributed by atoms with van der Waals surface area (Å²) in [6.07, 6.45) is -2.25. The summed E-state index contributed by atoms with van der Waals surface area (Å²) in [4.78, 5) is 24.2. The molecular formula is C19H26F3N5O3. The van der Waals surface area contributed by atoms with Crippen LogP contribution in [0.3, 0.4) is 0 Å². The summed E-state index contributed by atoms with van der Waals surface area (Å²) < 4.78 is 48.5. The van der Waals surface area contributed by atoms with Gasteiger partial charge in [-0.05, 0) is 18.9 Å². The summed E-state index contributed by atoms with van der Waals surface area (Å²) in [6.45, 7) is 3.78. The molecule has 1 atom stereocenters. The minimum atomic E-state index is -4.42. The van der Waals surface area contributed by atoms with Crippen molar-refractivity contribution in [2.24, 2.45) is 4.99 Å². The van der Waals surface area contributed by atoms with Gasteiger partial charge in [0.05, 0.1) is 12.1 Å². The van der Waals surface area contributed by atoms with Gasteiger partial charge in [0.15, 0.2) is 5.96 Å². The molecule has 0 aliphatic carbocycles. The fourth-order valence-corrected chi connectivity index (χ4v) is 3.40. The lowest BCUT2D eigenvalue weighted by atomic mass is 10.2. The maximum atomic E-state index is 12.5. The number of piperazine rings is 1. The maximum absolute atomic E-state index is 12.5. The zero-order chi connectivity index (χ0) is 21.6. The highest BCUT2D eigenvalue weighted by molar-refractivity contribution is 5.82. The van der Waals surface area contributed by atoms with Crippen LogP contribution in [-0.2, 0) is 15.7 Å². The number of amides is 1. The highest BCUT2D eigenvalue weighted by Crippen LogP contribution is 2.29. The predicted octanol–water partition coefficient (Wildman–Crippen LogP) is 1.38. The number of halogens is 3. The van der Waals surface area contributed by atoms with Crippen molar-refractivity contribution in [3.63, 3.8) is 0 Å². The second-order valence-corrected chi connectivity index (χ2v) is 7.02. The van der Waals surface area contributed by atoms with Gasteiger partial charge in [-0.15, -0.1) is 0 Å². The fraction of sp³-hybridized carbons (Fsp3) is 0.632. The normalized spacial score (nSPS) is 20.4. The lowest BCUT2D eigenvalue weighted by Gasteiger charge is -2.37. The first-order valence-corrected chi connectivity index (χ1v) is 9.90. The molecule has 1 N–H and O–H groups in total. The Balaban J connectivity index is 1.38. The van der Waals surface area contributed by atoms with Crippen LogP contribution in [0.2, 0.25) is 0 Å². The minimum Gasteiger partial charge on any atom is -0.476 e. The quantitative estimate of drug-likeness (QED) is 0.433. The molecule has 0 saturated carbocycles.